The van der Waals surface area contributed by atoms with E-state index in [1.165, 1.54) is 18.4 Å². The molecular formula is C21H24N4O2S2. The number of benzene rings is 1. The molecule has 0 spiro atoms. The fraction of sp³-hybridized carbons (Fsp3) is 0.286. The van der Waals surface area contributed by atoms with Crippen molar-refractivity contribution in [2.45, 2.75) is 34.2 Å². The monoisotopic (exact) mass is 428 g/mol. The second-order valence-electron chi connectivity index (χ2n) is 6.54. The number of aryl methyl sites for hydroxylation is 3. The molecule has 3 rings (SSSR count). The van der Waals surface area contributed by atoms with E-state index >= 15 is 0 Å². The number of aromatic nitrogens is 2. The molecule has 0 unspecified atom stereocenters. The van der Waals surface area contributed by atoms with E-state index in [0.29, 0.717) is 15.7 Å². The van der Waals surface area contributed by atoms with Crippen LogP contribution in [0.5, 0.6) is 0 Å². The quantitative estimate of drug-likeness (QED) is 0.433. The predicted molar refractivity (Wildman–Crippen MR) is 123 cm³/mol. The molecule has 0 atom stereocenters. The molecule has 8 heteroatoms. The third-order valence-electron chi connectivity index (χ3n) is 4.68. The van der Waals surface area contributed by atoms with E-state index in [1.54, 1.807) is 0 Å². The molecule has 2 aromatic heterocycles. The van der Waals surface area contributed by atoms with E-state index < -0.39 is 5.97 Å². The van der Waals surface area contributed by atoms with Crippen molar-refractivity contribution in [3.05, 3.63) is 52.2 Å². The molecule has 0 aliphatic heterocycles. The number of nitrogens with one attached hydrogen (secondary N) is 2. The Morgan fingerprint density at radius 1 is 1.21 bits per heavy atom. The molecule has 29 heavy (non-hydrogen) atoms. The van der Waals surface area contributed by atoms with Crippen LogP contribution < -0.4 is 10.6 Å². The standard InChI is InChI=1S/C21H24N4O2S2/c1-6-25-13(3)18(12(2)24-25)22-21(28)23-19-17(20(26)27-5)16(14(4)29-19)15-10-8-7-9-11-15/h7-11H,6H2,1-5H3,(H2,22,23,28). The van der Waals surface area contributed by atoms with E-state index in [2.05, 4.69) is 15.7 Å². The summed E-state index contributed by atoms with van der Waals surface area (Å²) in [6.07, 6.45) is 0. The number of anilines is 2. The van der Waals surface area contributed by atoms with Gasteiger partial charge in [-0.2, -0.15) is 5.10 Å². The van der Waals surface area contributed by atoms with Crippen LogP contribution in [0.4, 0.5) is 10.7 Å². The van der Waals surface area contributed by atoms with Crippen LogP contribution in [-0.2, 0) is 11.3 Å². The summed E-state index contributed by atoms with van der Waals surface area (Å²) in [7, 11) is 1.39. The highest BCUT2D eigenvalue weighted by atomic mass is 32.1. The minimum Gasteiger partial charge on any atom is -0.465 e. The lowest BCUT2D eigenvalue weighted by Gasteiger charge is -2.12. The fourth-order valence-corrected chi connectivity index (χ4v) is 4.65. The van der Waals surface area contributed by atoms with E-state index in [0.717, 1.165) is 39.6 Å². The van der Waals surface area contributed by atoms with Gasteiger partial charge in [-0.3, -0.25) is 4.68 Å². The highest BCUT2D eigenvalue weighted by Gasteiger charge is 2.24. The molecule has 2 heterocycles. The van der Waals surface area contributed by atoms with Gasteiger partial charge in [0.1, 0.15) is 10.6 Å². The number of carbonyl (C=O) groups is 1. The van der Waals surface area contributed by atoms with Gasteiger partial charge in [-0.05, 0) is 45.5 Å². The average Bonchev–Trinajstić information content (AvgIpc) is 3.18. The summed E-state index contributed by atoms with van der Waals surface area (Å²) >= 11 is 7.01. The molecule has 1 aromatic carbocycles. The summed E-state index contributed by atoms with van der Waals surface area (Å²) in [4.78, 5) is 13.6. The Kier molecular flexibility index (Phi) is 6.34. The number of methoxy groups -OCH3 is 1. The van der Waals surface area contributed by atoms with Crippen molar-refractivity contribution < 1.29 is 9.53 Å². The number of carbonyl (C=O) groups excluding carboxylic acids is 1. The van der Waals surface area contributed by atoms with Gasteiger partial charge >= 0.3 is 5.97 Å². The Balaban J connectivity index is 1.94. The first kappa shape index (κ1) is 21.0. The number of hydrogen-bond donors (Lipinski definition) is 2. The highest BCUT2D eigenvalue weighted by molar-refractivity contribution is 7.80. The maximum atomic E-state index is 12.6. The summed E-state index contributed by atoms with van der Waals surface area (Å²) in [5.41, 5.74) is 5.07. The van der Waals surface area contributed by atoms with Gasteiger partial charge in [0.05, 0.1) is 24.2 Å². The van der Waals surface area contributed by atoms with Gasteiger partial charge in [-0.1, -0.05) is 30.3 Å². The zero-order valence-electron chi connectivity index (χ0n) is 17.1. The Morgan fingerprint density at radius 3 is 2.48 bits per heavy atom. The molecule has 0 bridgehead atoms. The number of esters is 1. The molecule has 0 amide bonds. The Hall–Kier alpha value is -2.71. The van der Waals surface area contributed by atoms with Crippen LogP contribution in [0.25, 0.3) is 11.1 Å². The zero-order chi connectivity index (χ0) is 21.1. The second-order valence-corrected chi connectivity index (χ2v) is 8.17. The molecule has 0 fully saturated rings. The van der Waals surface area contributed by atoms with Gasteiger partial charge in [0.2, 0.25) is 0 Å². The van der Waals surface area contributed by atoms with E-state index in [4.69, 9.17) is 17.0 Å². The van der Waals surface area contributed by atoms with E-state index in [1.807, 2.05) is 62.7 Å². The van der Waals surface area contributed by atoms with Gasteiger partial charge in [-0.15, -0.1) is 11.3 Å². The van der Waals surface area contributed by atoms with Crippen molar-refractivity contribution in [1.29, 1.82) is 0 Å². The van der Waals surface area contributed by atoms with Crippen LogP contribution in [0, 0.1) is 20.8 Å². The molecule has 0 aliphatic carbocycles. The number of thiophene rings is 1. The van der Waals surface area contributed by atoms with Crippen LogP contribution in [0.2, 0.25) is 0 Å². The van der Waals surface area contributed by atoms with Crippen LogP contribution in [0.1, 0.15) is 33.5 Å². The molecule has 0 radical (unpaired) electrons. The Morgan fingerprint density at radius 2 is 1.90 bits per heavy atom. The van der Waals surface area contributed by atoms with Crippen LogP contribution in [0.15, 0.2) is 30.3 Å². The zero-order valence-corrected chi connectivity index (χ0v) is 18.8. The Bertz CT molecular complexity index is 1050. The van der Waals surface area contributed by atoms with Crippen molar-refractivity contribution in [3.63, 3.8) is 0 Å². The third-order valence-corrected chi connectivity index (χ3v) is 5.91. The summed E-state index contributed by atoms with van der Waals surface area (Å²) in [5.74, 6) is -0.398. The molecule has 2 N–H and O–H groups in total. The molecule has 0 aliphatic rings. The number of ether oxygens (including phenoxy) is 1. The van der Waals surface area contributed by atoms with Gasteiger partial charge < -0.3 is 15.4 Å². The number of nitrogens with zero attached hydrogens (tertiary/aromatic N) is 2. The van der Waals surface area contributed by atoms with Crippen LogP contribution in [-0.4, -0.2) is 28.0 Å². The van der Waals surface area contributed by atoms with Gasteiger partial charge in [0.25, 0.3) is 0 Å². The smallest absolute Gasteiger partial charge is 0.341 e. The second kappa shape index (κ2) is 8.75. The predicted octanol–water partition coefficient (Wildman–Crippen LogP) is 5.15. The topological polar surface area (TPSA) is 68.2 Å². The van der Waals surface area contributed by atoms with Crippen molar-refractivity contribution in [1.82, 2.24) is 9.78 Å². The van der Waals surface area contributed by atoms with E-state index in [9.17, 15) is 4.79 Å². The lowest BCUT2D eigenvalue weighted by molar-refractivity contribution is 0.0603. The number of rotatable bonds is 5. The minimum atomic E-state index is -0.398. The minimum absolute atomic E-state index is 0.398. The number of thiocarbonyl (C=S) groups is 1. The molecule has 6 nitrogen and oxygen atoms in total. The summed E-state index contributed by atoms with van der Waals surface area (Å²) in [6.45, 7) is 8.75. The normalized spacial score (nSPS) is 10.7. The number of hydrogen-bond acceptors (Lipinski definition) is 5. The molecule has 152 valence electrons. The van der Waals surface area contributed by atoms with Gasteiger partial charge in [0.15, 0.2) is 5.11 Å². The highest BCUT2D eigenvalue weighted by Crippen LogP contribution is 2.40. The summed E-state index contributed by atoms with van der Waals surface area (Å²) < 4.78 is 6.98. The summed E-state index contributed by atoms with van der Waals surface area (Å²) in [5, 5.41) is 12.0. The van der Waals surface area contributed by atoms with E-state index in [-0.39, 0.29) is 0 Å². The maximum absolute atomic E-state index is 12.6. The first-order valence-electron chi connectivity index (χ1n) is 9.26. The molecule has 0 saturated heterocycles. The maximum Gasteiger partial charge on any atom is 0.341 e. The molecule has 0 saturated carbocycles. The SMILES string of the molecule is CCn1nc(C)c(NC(=S)Nc2sc(C)c(-c3ccccc3)c2C(=O)OC)c1C. The van der Waals surface area contributed by atoms with Crippen LogP contribution >= 0.6 is 23.6 Å². The van der Waals surface area contributed by atoms with Crippen molar-refractivity contribution in [3.8, 4) is 11.1 Å². The lowest BCUT2D eigenvalue weighted by atomic mass is 10.0. The third kappa shape index (κ3) is 4.18. The van der Waals surface area contributed by atoms with Crippen molar-refractivity contribution in [2.75, 3.05) is 17.7 Å². The van der Waals surface area contributed by atoms with Crippen LogP contribution in [0.3, 0.4) is 0 Å². The fourth-order valence-electron chi connectivity index (χ4n) is 3.32. The molecule has 3 aromatic rings. The largest absolute Gasteiger partial charge is 0.465 e. The first-order chi connectivity index (χ1) is 13.9. The summed E-state index contributed by atoms with van der Waals surface area (Å²) in [6, 6.07) is 9.80. The molecular weight excluding hydrogens is 404 g/mol. The lowest BCUT2D eigenvalue weighted by Crippen LogP contribution is -2.21. The van der Waals surface area contributed by atoms with Gasteiger partial charge in [-0.25, -0.2) is 4.79 Å². The first-order valence-corrected chi connectivity index (χ1v) is 10.5. The average molecular weight is 429 g/mol. The Labute approximate surface area is 179 Å². The van der Waals surface area contributed by atoms with Crippen molar-refractivity contribution in [2.24, 2.45) is 0 Å². The van der Waals surface area contributed by atoms with Gasteiger partial charge in [0, 0.05) is 17.0 Å². The van der Waals surface area contributed by atoms with Crippen molar-refractivity contribution >= 4 is 45.3 Å².